The van der Waals surface area contributed by atoms with Crippen molar-refractivity contribution in [2.24, 2.45) is 5.92 Å². The van der Waals surface area contributed by atoms with E-state index in [-0.39, 0.29) is 17.7 Å². The summed E-state index contributed by atoms with van der Waals surface area (Å²) in [7, 11) is 0. The summed E-state index contributed by atoms with van der Waals surface area (Å²) in [5.41, 5.74) is 3.21. The van der Waals surface area contributed by atoms with Crippen LogP contribution in [-0.2, 0) is 6.54 Å². The van der Waals surface area contributed by atoms with E-state index < -0.39 is 0 Å². The second-order valence-corrected chi connectivity index (χ2v) is 8.32. The highest BCUT2D eigenvalue weighted by Crippen LogP contribution is 2.34. The Morgan fingerprint density at radius 2 is 1.42 bits per heavy atom. The molecule has 4 heteroatoms. The second-order valence-electron chi connectivity index (χ2n) is 8.32. The maximum absolute atomic E-state index is 13.5. The van der Waals surface area contributed by atoms with Gasteiger partial charge < -0.3 is 5.32 Å². The van der Waals surface area contributed by atoms with Crippen LogP contribution in [0.15, 0.2) is 91.0 Å². The van der Waals surface area contributed by atoms with Gasteiger partial charge in [0.1, 0.15) is 11.6 Å². The van der Waals surface area contributed by atoms with Crippen molar-refractivity contribution in [1.29, 1.82) is 0 Å². The predicted octanol–water partition coefficient (Wildman–Crippen LogP) is 6.40. The van der Waals surface area contributed by atoms with Crippen LogP contribution in [0.2, 0.25) is 0 Å². The van der Waals surface area contributed by atoms with Crippen molar-refractivity contribution in [3.63, 3.8) is 0 Å². The zero-order chi connectivity index (χ0) is 21.2. The Balaban J connectivity index is 1.29. The lowest BCUT2D eigenvalue weighted by Gasteiger charge is -2.44. The molecule has 1 N–H and O–H groups in total. The number of rotatable bonds is 6. The summed E-state index contributed by atoms with van der Waals surface area (Å²) in [5.74, 6) is -0.110. The Kier molecular flexibility index (Phi) is 5.39. The molecule has 0 saturated carbocycles. The van der Waals surface area contributed by atoms with Crippen molar-refractivity contribution in [1.82, 2.24) is 4.90 Å². The minimum atomic E-state index is -0.255. The Hall–Kier alpha value is -3.24. The lowest BCUT2D eigenvalue weighted by Crippen LogP contribution is -2.50. The number of halogens is 2. The summed E-state index contributed by atoms with van der Waals surface area (Å²) in [6.07, 6.45) is 0. The quantitative estimate of drug-likeness (QED) is 0.393. The van der Waals surface area contributed by atoms with E-state index in [0.29, 0.717) is 5.92 Å². The summed E-state index contributed by atoms with van der Waals surface area (Å²) in [6.45, 7) is 2.81. The van der Waals surface area contributed by atoms with Crippen LogP contribution in [0.1, 0.15) is 17.2 Å². The van der Waals surface area contributed by atoms with Crippen LogP contribution < -0.4 is 5.32 Å². The molecule has 1 aliphatic heterocycles. The molecule has 2 nitrogen and oxygen atoms in total. The molecular formula is C27H24F2N2. The number of benzene rings is 4. The van der Waals surface area contributed by atoms with Gasteiger partial charge in [-0.25, -0.2) is 8.78 Å². The fraction of sp³-hybridized carbons (Fsp3) is 0.185. The number of hydrogen-bond donors (Lipinski definition) is 1. The molecule has 0 spiro atoms. The Bertz CT molecular complexity index is 1170. The molecule has 31 heavy (non-hydrogen) atoms. The van der Waals surface area contributed by atoms with E-state index in [1.54, 1.807) is 12.1 Å². The normalized spacial score (nSPS) is 15.5. The molecular weight excluding hydrogens is 390 g/mol. The summed E-state index contributed by atoms with van der Waals surface area (Å²) in [4.78, 5) is 2.43. The largest absolute Gasteiger partial charge is 0.378 e. The summed E-state index contributed by atoms with van der Waals surface area (Å²) in [6, 6.07) is 28.2. The second kappa shape index (κ2) is 8.48. The topological polar surface area (TPSA) is 15.3 Å². The van der Waals surface area contributed by atoms with Gasteiger partial charge in [-0.2, -0.15) is 0 Å². The molecule has 0 aromatic heterocycles. The third-order valence-electron chi connectivity index (χ3n) is 6.07. The maximum Gasteiger partial charge on any atom is 0.123 e. The van der Waals surface area contributed by atoms with E-state index in [1.807, 2.05) is 12.1 Å². The van der Waals surface area contributed by atoms with Gasteiger partial charge in [-0.05, 0) is 64.4 Å². The van der Waals surface area contributed by atoms with Crippen molar-refractivity contribution in [3.8, 4) is 0 Å². The Labute approximate surface area is 181 Å². The molecule has 1 fully saturated rings. The van der Waals surface area contributed by atoms with Gasteiger partial charge in [-0.3, -0.25) is 4.90 Å². The number of fused-ring (bicyclic) bond motifs is 1. The molecule has 4 aromatic rings. The molecule has 156 valence electrons. The fourth-order valence-corrected chi connectivity index (χ4v) is 4.41. The van der Waals surface area contributed by atoms with E-state index in [1.165, 1.54) is 40.6 Å². The van der Waals surface area contributed by atoms with E-state index in [4.69, 9.17) is 0 Å². The smallest absolute Gasteiger partial charge is 0.123 e. The summed E-state index contributed by atoms with van der Waals surface area (Å²) < 4.78 is 26.8. The SMILES string of the molecule is Fc1ccc(NC(c2ccc(F)cc2)C2CN(Cc3ccc4ccccc4c3)C2)cc1. The van der Waals surface area contributed by atoms with Crippen LogP contribution in [0.25, 0.3) is 10.8 Å². The monoisotopic (exact) mass is 414 g/mol. The van der Waals surface area contributed by atoms with Crippen LogP contribution in [-0.4, -0.2) is 18.0 Å². The molecule has 1 unspecified atom stereocenters. The van der Waals surface area contributed by atoms with E-state index in [9.17, 15) is 8.78 Å². The first-order valence-electron chi connectivity index (χ1n) is 10.6. The first kappa shape index (κ1) is 19.7. The summed E-state index contributed by atoms with van der Waals surface area (Å²) in [5, 5.41) is 6.06. The lowest BCUT2D eigenvalue weighted by atomic mass is 9.86. The minimum Gasteiger partial charge on any atom is -0.378 e. The highest BCUT2D eigenvalue weighted by atomic mass is 19.1. The zero-order valence-corrected chi connectivity index (χ0v) is 17.1. The number of nitrogens with zero attached hydrogens (tertiary/aromatic N) is 1. The van der Waals surface area contributed by atoms with E-state index >= 15 is 0 Å². The van der Waals surface area contributed by atoms with Crippen molar-refractivity contribution >= 4 is 16.5 Å². The van der Waals surface area contributed by atoms with Crippen molar-refractivity contribution in [2.45, 2.75) is 12.6 Å². The van der Waals surface area contributed by atoms with Gasteiger partial charge in [-0.15, -0.1) is 0 Å². The molecule has 1 saturated heterocycles. The van der Waals surface area contributed by atoms with Crippen LogP contribution in [0.4, 0.5) is 14.5 Å². The number of nitrogens with one attached hydrogen (secondary N) is 1. The molecule has 1 atom stereocenters. The highest BCUT2D eigenvalue weighted by Gasteiger charge is 2.34. The molecule has 5 rings (SSSR count). The van der Waals surface area contributed by atoms with Crippen LogP contribution in [0.5, 0.6) is 0 Å². The van der Waals surface area contributed by atoms with Crippen molar-refractivity contribution in [2.75, 3.05) is 18.4 Å². The molecule has 0 bridgehead atoms. The predicted molar refractivity (Wildman–Crippen MR) is 122 cm³/mol. The fourth-order valence-electron chi connectivity index (χ4n) is 4.41. The average molecular weight is 414 g/mol. The first-order chi connectivity index (χ1) is 15.1. The standard InChI is InChI=1S/C27H24F2N2/c28-24-9-7-21(8-10-24)27(30-26-13-11-25(29)12-14-26)23-17-31(18-23)16-19-5-6-20-3-1-2-4-22(20)15-19/h1-15,23,27,30H,16-18H2. The van der Waals surface area contributed by atoms with Gasteiger partial charge in [0.25, 0.3) is 0 Å². The van der Waals surface area contributed by atoms with Crippen LogP contribution in [0.3, 0.4) is 0 Å². The molecule has 1 heterocycles. The van der Waals surface area contributed by atoms with Crippen molar-refractivity contribution in [3.05, 3.63) is 114 Å². The molecule has 0 radical (unpaired) electrons. The van der Waals surface area contributed by atoms with Gasteiger partial charge in [-0.1, -0.05) is 48.5 Å². The van der Waals surface area contributed by atoms with Crippen LogP contribution >= 0.6 is 0 Å². The number of anilines is 1. The van der Waals surface area contributed by atoms with Gasteiger partial charge in [0.2, 0.25) is 0 Å². The maximum atomic E-state index is 13.5. The Morgan fingerprint density at radius 3 is 2.13 bits per heavy atom. The molecule has 1 aliphatic rings. The zero-order valence-electron chi connectivity index (χ0n) is 17.1. The minimum absolute atomic E-state index is 0.0407. The van der Waals surface area contributed by atoms with Gasteiger partial charge in [0.15, 0.2) is 0 Å². The Morgan fingerprint density at radius 1 is 0.774 bits per heavy atom. The third-order valence-corrected chi connectivity index (χ3v) is 6.07. The van der Waals surface area contributed by atoms with Gasteiger partial charge in [0.05, 0.1) is 6.04 Å². The molecule has 4 aromatic carbocycles. The van der Waals surface area contributed by atoms with Gasteiger partial charge in [0, 0.05) is 31.2 Å². The average Bonchev–Trinajstić information content (AvgIpc) is 2.77. The van der Waals surface area contributed by atoms with Gasteiger partial charge >= 0.3 is 0 Å². The highest BCUT2D eigenvalue weighted by molar-refractivity contribution is 5.82. The van der Waals surface area contributed by atoms with E-state index in [2.05, 4.69) is 52.7 Å². The third kappa shape index (κ3) is 4.44. The number of hydrogen-bond acceptors (Lipinski definition) is 2. The summed E-state index contributed by atoms with van der Waals surface area (Å²) >= 11 is 0. The van der Waals surface area contributed by atoms with Crippen LogP contribution in [0, 0.1) is 17.6 Å². The first-order valence-corrected chi connectivity index (χ1v) is 10.6. The molecule has 0 amide bonds. The molecule has 0 aliphatic carbocycles. The lowest BCUT2D eigenvalue weighted by molar-refractivity contribution is 0.0788. The number of likely N-dealkylation sites (tertiary alicyclic amines) is 1. The van der Waals surface area contributed by atoms with Crippen molar-refractivity contribution < 1.29 is 8.78 Å². The van der Waals surface area contributed by atoms with E-state index in [0.717, 1.165) is 30.9 Å².